The maximum Gasteiger partial charge on any atom is 0.278 e. The quantitative estimate of drug-likeness (QED) is 0.640. The highest BCUT2D eigenvalue weighted by Gasteiger charge is 2.13. The standard InChI is InChI=1S/C11H7Cl2N5O/c12-4-1-2-6(13)5(3-4)8-15-7-9(16-8)17-11(14)18-10(7)19/h1-3H,(H4,14,15,16,17,18,19). The monoisotopic (exact) mass is 295 g/mol. The number of halogens is 2. The number of benzene rings is 1. The van der Waals surface area contributed by atoms with Crippen molar-refractivity contribution in [2.45, 2.75) is 0 Å². The molecule has 0 aliphatic heterocycles. The van der Waals surface area contributed by atoms with E-state index in [1.54, 1.807) is 18.2 Å². The second-order valence-electron chi connectivity index (χ2n) is 3.86. The van der Waals surface area contributed by atoms with E-state index in [-0.39, 0.29) is 22.7 Å². The third-order valence-electron chi connectivity index (χ3n) is 2.56. The molecule has 0 bridgehead atoms. The summed E-state index contributed by atoms with van der Waals surface area (Å²) in [4.78, 5) is 25.1. The van der Waals surface area contributed by atoms with Crippen molar-refractivity contribution in [2.24, 2.45) is 0 Å². The number of aromatic amines is 2. The molecule has 8 heteroatoms. The summed E-state index contributed by atoms with van der Waals surface area (Å²) in [5, 5.41) is 0.981. The zero-order valence-corrected chi connectivity index (χ0v) is 10.9. The molecule has 19 heavy (non-hydrogen) atoms. The third kappa shape index (κ3) is 2.05. The Morgan fingerprint density at radius 2 is 1.95 bits per heavy atom. The van der Waals surface area contributed by atoms with Gasteiger partial charge in [-0.15, -0.1) is 0 Å². The third-order valence-corrected chi connectivity index (χ3v) is 3.13. The first-order chi connectivity index (χ1) is 9.04. The molecule has 3 rings (SSSR count). The number of rotatable bonds is 1. The Bertz CT molecular complexity index is 839. The lowest BCUT2D eigenvalue weighted by molar-refractivity contribution is 1.17. The van der Waals surface area contributed by atoms with E-state index in [9.17, 15) is 4.79 Å². The lowest BCUT2D eigenvalue weighted by Crippen LogP contribution is -2.10. The van der Waals surface area contributed by atoms with Crippen molar-refractivity contribution >= 4 is 40.3 Å². The maximum absolute atomic E-state index is 11.7. The average Bonchev–Trinajstić information content (AvgIpc) is 2.76. The van der Waals surface area contributed by atoms with Gasteiger partial charge in [0.1, 0.15) is 5.82 Å². The molecule has 2 heterocycles. The molecule has 0 unspecified atom stereocenters. The van der Waals surface area contributed by atoms with Crippen LogP contribution in [0.4, 0.5) is 5.95 Å². The van der Waals surface area contributed by atoms with Crippen molar-refractivity contribution in [1.82, 2.24) is 19.9 Å². The topological polar surface area (TPSA) is 100 Å². The highest BCUT2D eigenvalue weighted by Crippen LogP contribution is 2.29. The molecule has 0 fully saturated rings. The summed E-state index contributed by atoms with van der Waals surface area (Å²) in [6.45, 7) is 0. The Balaban J connectivity index is 2.29. The number of fused-ring (bicyclic) bond motifs is 1. The number of imidazole rings is 1. The molecule has 96 valence electrons. The van der Waals surface area contributed by atoms with Gasteiger partial charge in [-0.2, -0.15) is 4.98 Å². The number of H-pyrrole nitrogens is 2. The lowest BCUT2D eigenvalue weighted by atomic mass is 10.2. The number of hydrogen-bond donors (Lipinski definition) is 3. The van der Waals surface area contributed by atoms with Gasteiger partial charge in [0.2, 0.25) is 5.95 Å². The number of aromatic nitrogens is 4. The van der Waals surface area contributed by atoms with Crippen LogP contribution in [-0.2, 0) is 0 Å². The van der Waals surface area contributed by atoms with E-state index >= 15 is 0 Å². The van der Waals surface area contributed by atoms with Crippen LogP contribution in [0.3, 0.4) is 0 Å². The molecule has 0 atom stereocenters. The molecule has 0 aliphatic rings. The Morgan fingerprint density at radius 3 is 2.74 bits per heavy atom. The van der Waals surface area contributed by atoms with Crippen LogP contribution in [-0.4, -0.2) is 19.9 Å². The van der Waals surface area contributed by atoms with E-state index in [0.717, 1.165) is 0 Å². The SMILES string of the molecule is Nc1nc2nc(-c3cc(Cl)ccc3Cl)[nH]c2c(=O)[nH]1. The van der Waals surface area contributed by atoms with E-state index in [2.05, 4.69) is 19.9 Å². The molecular formula is C11H7Cl2N5O. The normalized spacial score (nSPS) is 11.1. The predicted molar refractivity (Wildman–Crippen MR) is 74.4 cm³/mol. The lowest BCUT2D eigenvalue weighted by Gasteiger charge is -2.00. The first kappa shape index (κ1) is 12.0. The van der Waals surface area contributed by atoms with Crippen LogP contribution in [0.5, 0.6) is 0 Å². The van der Waals surface area contributed by atoms with E-state index < -0.39 is 0 Å². The minimum atomic E-state index is -0.389. The van der Waals surface area contributed by atoms with Crippen LogP contribution >= 0.6 is 23.2 Å². The van der Waals surface area contributed by atoms with Crippen LogP contribution in [0, 0.1) is 0 Å². The Hall–Kier alpha value is -2.05. The summed E-state index contributed by atoms with van der Waals surface area (Å²) in [7, 11) is 0. The van der Waals surface area contributed by atoms with E-state index in [4.69, 9.17) is 28.9 Å². The van der Waals surface area contributed by atoms with Crippen molar-refractivity contribution in [3.8, 4) is 11.4 Å². The van der Waals surface area contributed by atoms with Gasteiger partial charge in [-0.1, -0.05) is 23.2 Å². The molecular weight excluding hydrogens is 289 g/mol. The van der Waals surface area contributed by atoms with Crippen molar-refractivity contribution < 1.29 is 0 Å². The number of nitrogen functional groups attached to an aromatic ring is 1. The zero-order valence-electron chi connectivity index (χ0n) is 9.37. The fraction of sp³-hybridized carbons (Fsp3) is 0. The number of nitrogens with two attached hydrogens (primary N) is 1. The number of nitrogens with one attached hydrogen (secondary N) is 2. The summed E-state index contributed by atoms with van der Waals surface area (Å²) >= 11 is 12.0. The van der Waals surface area contributed by atoms with Gasteiger partial charge in [0.15, 0.2) is 11.2 Å². The molecule has 0 aliphatic carbocycles. The highest BCUT2D eigenvalue weighted by atomic mass is 35.5. The molecule has 0 saturated heterocycles. The fourth-order valence-corrected chi connectivity index (χ4v) is 2.11. The Labute approximate surface area is 116 Å². The molecule has 1 aromatic carbocycles. The van der Waals surface area contributed by atoms with Crippen LogP contribution in [0.1, 0.15) is 0 Å². The van der Waals surface area contributed by atoms with Gasteiger partial charge in [-0.05, 0) is 18.2 Å². The van der Waals surface area contributed by atoms with Crippen LogP contribution in [0.15, 0.2) is 23.0 Å². The van der Waals surface area contributed by atoms with Crippen molar-refractivity contribution in [1.29, 1.82) is 0 Å². The maximum atomic E-state index is 11.7. The molecule has 3 aromatic rings. The summed E-state index contributed by atoms with van der Waals surface area (Å²) < 4.78 is 0. The van der Waals surface area contributed by atoms with Gasteiger partial charge in [0.05, 0.1) is 5.02 Å². The van der Waals surface area contributed by atoms with E-state index in [1.807, 2.05) is 0 Å². The molecule has 0 spiro atoms. The first-order valence-corrected chi connectivity index (χ1v) is 6.01. The van der Waals surface area contributed by atoms with Gasteiger partial charge < -0.3 is 10.7 Å². The smallest absolute Gasteiger partial charge is 0.278 e. The minimum absolute atomic E-state index is 0.00717. The first-order valence-electron chi connectivity index (χ1n) is 5.25. The number of nitrogens with zero attached hydrogens (tertiary/aromatic N) is 2. The predicted octanol–water partition coefficient (Wildman–Crippen LogP) is 2.20. The van der Waals surface area contributed by atoms with Crippen LogP contribution in [0.25, 0.3) is 22.6 Å². The summed E-state index contributed by atoms with van der Waals surface area (Å²) in [6, 6.07) is 4.97. The molecule has 6 nitrogen and oxygen atoms in total. The highest BCUT2D eigenvalue weighted by molar-refractivity contribution is 6.35. The van der Waals surface area contributed by atoms with Crippen molar-refractivity contribution in [3.05, 3.63) is 38.6 Å². The van der Waals surface area contributed by atoms with E-state index in [1.165, 1.54) is 0 Å². The molecule has 0 amide bonds. The zero-order chi connectivity index (χ0) is 13.6. The Kier molecular flexibility index (Phi) is 2.69. The number of hydrogen-bond acceptors (Lipinski definition) is 4. The average molecular weight is 296 g/mol. The van der Waals surface area contributed by atoms with Gasteiger partial charge >= 0.3 is 0 Å². The van der Waals surface area contributed by atoms with Gasteiger partial charge in [-0.25, -0.2) is 4.98 Å². The minimum Gasteiger partial charge on any atom is -0.369 e. The second-order valence-corrected chi connectivity index (χ2v) is 4.70. The molecule has 0 saturated carbocycles. The number of anilines is 1. The van der Waals surface area contributed by atoms with Crippen LogP contribution in [0.2, 0.25) is 10.0 Å². The fourth-order valence-electron chi connectivity index (χ4n) is 1.73. The van der Waals surface area contributed by atoms with E-state index in [0.29, 0.717) is 21.4 Å². The molecule has 0 radical (unpaired) electrons. The van der Waals surface area contributed by atoms with Gasteiger partial charge in [0, 0.05) is 10.6 Å². The second kappa shape index (κ2) is 4.25. The summed E-state index contributed by atoms with van der Waals surface area (Å²) in [6.07, 6.45) is 0. The van der Waals surface area contributed by atoms with Crippen molar-refractivity contribution in [3.63, 3.8) is 0 Å². The Morgan fingerprint density at radius 1 is 1.16 bits per heavy atom. The molecule has 2 aromatic heterocycles. The van der Waals surface area contributed by atoms with Gasteiger partial charge in [-0.3, -0.25) is 9.78 Å². The summed E-state index contributed by atoms with van der Waals surface area (Å²) in [5.41, 5.74) is 6.12. The van der Waals surface area contributed by atoms with Crippen molar-refractivity contribution in [2.75, 3.05) is 5.73 Å². The van der Waals surface area contributed by atoms with Gasteiger partial charge in [0.25, 0.3) is 5.56 Å². The molecule has 4 N–H and O–H groups in total. The van der Waals surface area contributed by atoms with Crippen LogP contribution < -0.4 is 11.3 Å². The summed E-state index contributed by atoms with van der Waals surface area (Å²) in [5.74, 6) is 0.416. The largest absolute Gasteiger partial charge is 0.369 e.